The number of ketones is 1. The summed E-state index contributed by atoms with van der Waals surface area (Å²) in [6, 6.07) is 10.4. The molecule has 2 aliphatic heterocycles. The smallest absolute Gasteiger partial charge is 0.331 e. The molecule has 9 nitrogen and oxygen atoms in total. The molecule has 9 heteroatoms. The van der Waals surface area contributed by atoms with Gasteiger partial charge in [0.05, 0.1) is 0 Å². The van der Waals surface area contributed by atoms with Crippen LogP contribution in [0.4, 0.5) is 0 Å². The standard InChI is InChI=1S/C23H18O9/c24-17(11-27-22(25)7-3-15-1-5-18-20(9-15)31-13-29-18)12-28-23(26)8-4-16-2-6-19-21(10-16)32-14-30-19/h1-10H,11-14H2/b7-3+,8-4+. The first-order valence-electron chi connectivity index (χ1n) is 9.57. The minimum atomic E-state index is -0.704. The summed E-state index contributed by atoms with van der Waals surface area (Å²) in [6.07, 6.45) is 5.42. The van der Waals surface area contributed by atoms with Gasteiger partial charge in [0.2, 0.25) is 19.4 Å². The fourth-order valence-electron chi connectivity index (χ4n) is 2.80. The van der Waals surface area contributed by atoms with Gasteiger partial charge < -0.3 is 28.4 Å². The number of ether oxygens (including phenoxy) is 6. The SMILES string of the molecule is O=C(COC(=O)/C=C/c1ccc2c(c1)OCO2)COC(=O)/C=C/c1ccc2c(c1)OCO2. The molecule has 0 bridgehead atoms. The molecule has 0 atom stereocenters. The molecule has 0 fully saturated rings. The number of fused-ring (bicyclic) bond motifs is 2. The van der Waals surface area contributed by atoms with Gasteiger partial charge in [0.25, 0.3) is 0 Å². The second kappa shape index (κ2) is 9.69. The second-order valence-electron chi connectivity index (χ2n) is 6.65. The number of Topliss-reactive ketones (excluding diaryl/α,β-unsaturated/α-hetero) is 1. The van der Waals surface area contributed by atoms with Gasteiger partial charge in [-0.05, 0) is 47.5 Å². The summed E-state index contributed by atoms with van der Waals surface area (Å²) in [4.78, 5) is 35.3. The van der Waals surface area contributed by atoms with Gasteiger partial charge in [-0.2, -0.15) is 0 Å². The summed E-state index contributed by atoms with van der Waals surface area (Å²) in [5.41, 5.74) is 1.42. The van der Waals surface area contributed by atoms with Crippen LogP contribution in [0.2, 0.25) is 0 Å². The Kier molecular flexibility index (Phi) is 6.35. The molecular weight excluding hydrogens is 420 g/mol. The molecule has 0 amide bonds. The minimum absolute atomic E-state index is 0.158. The molecule has 0 radical (unpaired) electrons. The third-order valence-corrected chi connectivity index (χ3v) is 4.37. The summed E-state index contributed by atoms with van der Waals surface area (Å²) in [6.45, 7) is -0.705. The van der Waals surface area contributed by atoms with E-state index < -0.39 is 30.9 Å². The third kappa shape index (κ3) is 5.45. The van der Waals surface area contributed by atoms with Crippen molar-refractivity contribution < 1.29 is 42.8 Å². The Bertz CT molecular complexity index is 1020. The van der Waals surface area contributed by atoms with Gasteiger partial charge in [-0.15, -0.1) is 0 Å². The fourth-order valence-corrected chi connectivity index (χ4v) is 2.80. The van der Waals surface area contributed by atoms with E-state index in [2.05, 4.69) is 0 Å². The minimum Gasteiger partial charge on any atom is -0.454 e. The van der Waals surface area contributed by atoms with Crippen LogP contribution in [-0.4, -0.2) is 44.5 Å². The van der Waals surface area contributed by atoms with Gasteiger partial charge in [-0.25, -0.2) is 9.59 Å². The van der Waals surface area contributed by atoms with Gasteiger partial charge in [0.1, 0.15) is 0 Å². The topological polar surface area (TPSA) is 107 Å². The average Bonchev–Trinajstić information content (AvgIpc) is 3.47. The third-order valence-electron chi connectivity index (χ3n) is 4.37. The predicted molar refractivity (Wildman–Crippen MR) is 110 cm³/mol. The number of rotatable bonds is 8. The van der Waals surface area contributed by atoms with E-state index in [1.807, 2.05) is 0 Å². The molecule has 2 aromatic carbocycles. The number of carbonyl (C=O) groups is 3. The Labute approximate surface area is 182 Å². The number of benzene rings is 2. The summed E-state index contributed by atoms with van der Waals surface area (Å²) in [5, 5.41) is 0. The highest BCUT2D eigenvalue weighted by molar-refractivity contribution is 5.92. The molecule has 32 heavy (non-hydrogen) atoms. The van der Waals surface area contributed by atoms with Crippen molar-refractivity contribution in [2.45, 2.75) is 0 Å². The van der Waals surface area contributed by atoms with Crippen LogP contribution in [0.5, 0.6) is 23.0 Å². The summed E-state index contributed by atoms with van der Waals surface area (Å²) >= 11 is 0. The van der Waals surface area contributed by atoms with E-state index in [1.165, 1.54) is 24.3 Å². The Balaban J connectivity index is 1.17. The molecule has 0 unspecified atom stereocenters. The van der Waals surface area contributed by atoms with Crippen molar-refractivity contribution >= 4 is 29.9 Å². The average molecular weight is 438 g/mol. The van der Waals surface area contributed by atoms with E-state index >= 15 is 0 Å². The first-order chi connectivity index (χ1) is 15.6. The van der Waals surface area contributed by atoms with Gasteiger partial charge in [0.15, 0.2) is 36.2 Å². The summed E-state index contributed by atoms with van der Waals surface area (Å²) in [7, 11) is 0. The molecule has 0 saturated heterocycles. The number of hydrogen-bond acceptors (Lipinski definition) is 9. The zero-order valence-corrected chi connectivity index (χ0v) is 16.8. The lowest BCUT2D eigenvalue weighted by atomic mass is 10.2. The van der Waals surface area contributed by atoms with Crippen LogP contribution in [0.1, 0.15) is 11.1 Å². The Hall–Kier alpha value is -4.27. The van der Waals surface area contributed by atoms with Crippen LogP contribution in [0.3, 0.4) is 0 Å². The highest BCUT2D eigenvalue weighted by Gasteiger charge is 2.14. The first kappa shape index (κ1) is 21.0. The lowest BCUT2D eigenvalue weighted by Crippen LogP contribution is -2.19. The summed E-state index contributed by atoms with van der Waals surface area (Å²) < 4.78 is 30.7. The van der Waals surface area contributed by atoms with Crippen LogP contribution in [-0.2, 0) is 23.9 Å². The quantitative estimate of drug-likeness (QED) is 0.454. The molecule has 164 valence electrons. The zero-order valence-electron chi connectivity index (χ0n) is 16.8. The second-order valence-corrected chi connectivity index (χ2v) is 6.65. The van der Waals surface area contributed by atoms with E-state index in [4.69, 9.17) is 28.4 Å². The van der Waals surface area contributed by atoms with Gasteiger partial charge in [-0.3, -0.25) is 4.79 Å². The fraction of sp³-hybridized carbons (Fsp3) is 0.174. The van der Waals surface area contributed by atoms with Crippen LogP contribution < -0.4 is 18.9 Å². The molecule has 2 aromatic rings. The Morgan fingerprint density at radius 1 is 0.688 bits per heavy atom. The first-order valence-corrected chi connectivity index (χ1v) is 9.57. The number of esters is 2. The molecule has 0 aromatic heterocycles. The van der Waals surface area contributed by atoms with Crippen molar-refractivity contribution in [3.8, 4) is 23.0 Å². The Morgan fingerprint density at radius 2 is 1.12 bits per heavy atom. The van der Waals surface area contributed by atoms with Crippen molar-refractivity contribution in [3.05, 3.63) is 59.7 Å². The van der Waals surface area contributed by atoms with Crippen LogP contribution >= 0.6 is 0 Å². The lowest BCUT2D eigenvalue weighted by molar-refractivity contribution is -0.148. The van der Waals surface area contributed by atoms with Crippen LogP contribution in [0.15, 0.2) is 48.6 Å². The van der Waals surface area contributed by atoms with E-state index in [0.29, 0.717) is 34.1 Å². The lowest BCUT2D eigenvalue weighted by Gasteiger charge is -2.03. The molecule has 2 aliphatic rings. The van der Waals surface area contributed by atoms with E-state index in [-0.39, 0.29) is 13.6 Å². The molecule has 0 saturated carbocycles. The molecule has 0 N–H and O–H groups in total. The van der Waals surface area contributed by atoms with Crippen molar-refractivity contribution in [1.29, 1.82) is 0 Å². The molecular formula is C23H18O9. The molecule has 0 aliphatic carbocycles. The van der Waals surface area contributed by atoms with Crippen molar-refractivity contribution in [1.82, 2.24) is 0 Å². The highest BCUT2D eigenvalue weighted by atomic mass is 16.7. The van der Waals surface area contributed by atoms with Gasteiger partial charge in [-0.1, -0.05) is 12.1 Å². The Morgan fingerprint density at radius 3 is 1.59 bits per heavy atom. The van der Waals surface area contributed by atoms with Crippen LogP contribution in [0.25, 0.3) is 12.2 Å². The predicted octanol–water partition coefficient (Wildman–Crippen LogP) is 2.53. The molecule has 0 spiro atoms. The normalized spacial score (nSPS) is 13.5. The van der Waals surface area contributed by atoms with E-state index in [9.17, 15) is 14.4 Å². The van der Waals surface area contributed by atoms with Crippen molar-refractivity contribution in [2.24, 2.45) is 0 Å². The summed E-state index contributed by atoms with van der Waals surface area (Å²) in [5.74, 6) is 0.483. The van der Waals surface area contributed by atoms with Crippen molar-refractivity contribution in [3.63, 3.8) is 0 Å². The molecule has 2 heterocycles. The van der Waals surface area contributed by atoms with E-state index in [1.54, 1.807) is 36.4 Å². The maximum absolute atomic E-state index is 11.8. The van der Waals surface area contributed by atoms with Crippen molar-refractivity contribution in [2.75, 3.05) is 26.8 Å². The highest BCUT2D eigenvalue weighted by Crippen LogP contribution is 2.33. The monoisotopic (exact) mass is 438 g/mol. The largest absolute Gasteiger partial charge is 0.454 e. The number of hydrogen-bond donors (Lipinski definition) is 0. The van der Waals surface area contributed by atoms with Gasteiger partial charge in [0, 0.05) is 12.2 Å². The maximum atomic E-state index is 11.8. The van der Waals surface area contributed by atoms with Gasteiger partial charge >= 0.3 is 11.9 Å². The number of carbonyl (C=O) groups excluding carboxylic acids is 3. The van der Waals surface area contributed by atoms with Crippen LogP contribution in [0, 0.1) is 0 Å². The van der Waals surface area contributed by atoms with E-state index in [0.717, 1.165) is 0 Å². The zero-order chi connectivity index (χ0) is 22.3. The maximum Gasteiger partial charge on any atom is 0.331 e. The molecule has 4 rings (SSSR count).